The minimum atomic E-state index is -4.41. The molecule has 702 valence electrons. The van der Waals surface area contributed by atoms with Crippen molar-refractivity contribution in [2.24, 2.45) is 0 Å². The van der Waals surface area contributed by atoms with Crippen molar-refractivity contribution in [2.75, 3.05) is 79.0 Å². The number of amides is 4. The number of hydrogen-bond donors (Lipinski definition) is 4. The number of ether oxygens (including phenoxy) is 1. The highest BCUT2D eigenvalue weighted by molar-refractivity contribution is 7.89. The fourth-order valence-electron chi connectivity index (χ4n) is 21.1. The molecule has 9 aromatic rings. The second kappa shape index (κ2) is 35.8. The Morgan fingerprint density at radius 3 is 1.55 bits per heavy atom. The van der Waals surface area contributed by atoms with E-state index in [2.05, 4.69) is 48.6 Å². The third-order valence-corrected chi connectivity index (χ3v) is 29.5. The molecule has 130 heavy (non-hydrogen) atoms. The lowest BCUT2D eigenvalue weighted by atomic mass is 9.79. The number of hydrogen-bond acceptors (Lipinski definition) is 14. The highest BCUT2D eigenvalue weighted by atomic mass is 32.2. The number of pyridine rings is 1. The Hall–Kier alpha value is -10.2. The normalized spacial score (nSPS) is 19.5. The van der Waals surface area contributed by atoms with E-state index in [4.69, 9.17) is 4.74 Å². The van der Waals surface area contributed by atoms with Crippen molar-refractivity contribution >= 4 is 50.3 Å². The molecular weight excluding hydrogens is 1710 g/mol. The molecule has 4 N–H and O–H groups in total. The molecule has 4 aromatic carbocycles. The van der Waals surface area contributed by atoms with Gasteiger partial charge < -0.3 is 53.0 Å². The number of Topliss-reactive ketones (excluding diaryl/α,β-unsaturated/α-hetero) is 1. The Morgan fingerprint density at radius 2 is 1.02 bits per heavy atom. The number of carbonyl (C=O) groups excluding carboxylic acids is 5. The zero-order chi connectivity index (χ0) is 93.5. The van der Waals surface area contributed by atoms with Crippen LogP contribution in [-0.4, -0.2) is 198 Å². The van der Waals surface area contributed by atoms with Crippen molar-refractivity contribution in [1.29, 1.82) is 0 Å². The molecule has 0 unspecified atom stereocenters. The number of para-hydroxylation sites is 1. The van der Waals surface area contributed by atoms with Gasteiger partial charge in [0.1, 0.15) is 22.8 Å². The Balaban J connectivity index is 0.000000149. The second-order valence-corrected chi connectivity index (χ2v) is 39.8. The molecule has 18 rings (SSSR count). The summed E-state index contributed by atoms with van der Waals surface area (Å²) in [6, 6.07) is 37.1. The predicted octanol–water partition coefficient (Wildman–Crippen LogP) is 16.5. The SMILES string of the molecule is CC(=O)c1cc2n(c1)CC(C)(C)NC21CCN(C(=O)c2ccc(OC(C)C)c(C)c2)CC1.CC(C)(O)c1ccc(C(=O)N2CCC3(CC2)c2ccc(C(F)(F)F)n2CCN3C2CC2)cc1.Cc1cc(C(=O)N2CCC3(CC2)c2ccc(C(F)(F)F)n2CCN3C)ccc1S(=O)(=O)NC(C)C.O=C(c1cccc2cccnc12)N1CCC2(CC1)NCCn1c(C(F)(F)F)ccc12.[HH].[HH]. The number of benzene rings is 4. The van der Waals surface area contributed by atoms with Crippen LogP contribution in [0.25, 0.3) is 10.9 Å². The van der Waals surface area contributed by atoms with Crippen molar-refractivity contribution in [3.8, 4) is 5.75 Å². The van der Waals surface area contributed by atoms with Gasteiger partial charge >= 0.3 is 18.5 Å². The van der Waals surface area contributed by atoms with Gasteiger partial charge in [-0.25, -0.2) is 13.1 Å². The van der Waals surface area contributed by atoms with Gasteiger partial charge in [0.15, 0.2) is 5.78 Å². The lowest BCUT2D eigenvalue weighted by molar-refractivity contribution is -0.145. The number of nitrogens with one attached hydrogen (secondary N) is 3. The van der Waals surface area contributed by atoms with Crippen LogP contribution in [0.15, 0.2) is 151 Å². The summed E-state index contributed by atoms with van der Waals surface area (Å²) in [5.41, 5.74) is 4.42. The monoisotopic (exact) mass is 1830 g/mol. The Bertz CT molecular complexity index is 5850. The topological polar surface area (TPSA) is 237 Å². The smallest absolute Gasteiger partial charge is 0.431 e. The molecule has 1 aliphatic carbocycles. The Kier molecular flexibility index (Phi) is 26.0. The molecule has 4 spiro atoms. The summed E-state index contributed by atoms with van der Waals surface area (Å²) in [4.78, 5) is 81.0. The fraction of sp³-hybridized carbons (Fsp3) is 0.505. The zero-order valence-electron chi connectivity index (χ0n) is 75.7. The van der Waals surface area contributed by atoms with E-state index in [1.54, 1.807) is 112 Å². The number of alkyl halides is 9. The maximum absolute atomic E-state index is 13.6. The first kappa shape index (κ1) is 94.5. The number of likely N-dealkylation sites (tertiary alicyclic amines) is 4. The van der Waals surface area contributed by atoms with Crippen LogP contribution < -0.4 is 20.1 Å². The van der Waals surface area contributed by atoms with Crippen molar-refractivity contribution in [3.63, 3.8) is 0 Å². The third kappa shape index (κ3) is 18.9. The van der Waals surface area contributed by atoms with Gasteiger partial charge in [0.25, 0.3) is 23.6 Å². The van der Waals surface area contributed by atoms with E-state index in [9.17, 15) is 77.0 Å². The number of nitrogens with zero attached hydrogens (tertiary/aromatic N) is 11. The lowest BCUT2D eigenvalue weighted by Crippen LogP contribution is -2.63. The van der Waals surface area contributed by atoms with Crippen LogP contribution in [0, 0.1) is 13.8 Å². The molecule has 5 aromatic heterocycles. The maximum atomic E-state index is 13.6. The maximum Gasteiger partial charge on any atom is 0.431 e. The summed E-state index contributed by atoms with van der Waals surface area (Å²) in [6.45, 7) is 27.9. The number of fused-ring (bicyclic) bond motifs is 9. The summed E-state index contributed by atoms with van der Waals surface area (Å²) in [7, 11) is -1.76. The summed E-state index contributed by atoms with van der Waals surface area (Å²) in [5, 5.41) is 18.4. The van der Waals surface area contributed by atoms with E-state index in [1.165, 1.54) is 43.7 Å². The second-order valence-electron chi connectivity index (χ2n) is 38.2. The van der Waals surface area contributed by atoms with Gasteiger partial charge in [0, 0.05) is 181 Å². The van der Waals surface area contributed by atoms with E-state index in [-0.39, 0.29) is 66.9 Å². The van der Waals surface area contributed by atoms with Crippen LogP contribution in [0.5, 0.6) is 5.75 Å². The zero-order valence-corrected chi connectivity index (χ0v) is 76.5. The van der Waals surface area contributed by atoms with Gasteiger partial charge in [0.2, 0.25) is 10.0 Å². The van der Waals surface area contributed by atoms with E-state index in [1.807, 2.05) is 92.3 Å². The van der Waals surface area contributed by atoms with Crippen LogP contribution in [0.2, 0.25) is 0 Å². The van der Waals surface area contributed by atoms with Crippen LogP contribution in [0.4, 0.5) is 39.5 Å². The molecule has 33 heteroatoms. The number of aryl methyl sites for hydroxylation is 2. The average Bonchev–Trinajstić information content (AvgIpc) is 1.55. The molecule has 13 heterocycles. The number of halogens is 9. The van der Waals surface area contributed by atoms with Crippen molar-refractivity contribution < 1.29 is 84.6 Å². The van der Waals surface area contributed by atoms with Crippen LogP contribution in [0.1, 0.15) is 238 Å². The molecule has 4 amide bonds. The number of aromatic nitrogens is 5. The Labute approximate surface area is 755 Å². The van der Waals surface area contributed by atoms with Crippen LogP contribution >= 0.6 is 0 Å². The van der Waals surface area contributed by atoms with Gasteiger partial charge in [-0.2, -0.15) is 39.5 Å². The third-order valence-electron chi connectivity index (χ3n) is 27.6. The average molecular weight is 1830 g/mol. The standard InChI is InChI=1S/C26H35N3O3.C25H30F3N3O2.C24H31F3N4O3S.C22H21F3N4O.2H2/c1-17(2)32-22-8-7-20(13-18(22)3)24(31)28-11-9-26(10-12-28)23-14-21(19(4)30)15-29(23)16-25(5,6)27-26;1-23(2,33)18-5-3-17(4-6-18)22(32)29-13-11-24(12-14-29)20-9-10-21(25(26,27)28)30(20)15-16-31(24)19-7-8-19;1-16(2)28-35(33,34)19-6-5-18(15-17(19)3)22(32)30-11-9-23(10-12-30)20-7-8-21(24(25,26)27)31(20)14-13-29(23)4;23-22(24,25)18-7-6-17-21(27-11-14-29(17)18)8-12-28(13-9-21)20(30)16-5-1-3-15-4-2-10-26-19(15)16;;/h7-8,13-15,17,27H,9-12,16H2,1-6H3;3-6,9-10,19,33H,7-8,11-16H2,1-2H3;5-8,15-16,28H,9-14H2,1-4H3;1-7,10,27H,8-9,11-14H2;2*1H. The van der Waals surface area contributed by atoms with E-state index in [0.29, 0.717) is 174 Å². The molecule has 4 saturated heterocycles. The van der Waals surface area contributed by atoms with E-state index < -0.39 is 67.9 Å². The predicted molar refractivity (Wildman–Crippen MR) is 479 cm³/mol. The first-order chi connectivity index (χ1) is 61.1. The Morgan fingerprint density at radius 1 is 0.538 bits per heavy atom. The first-order valence-corrected chi connectivity index (χ1v) is 46.4. The first-order valence-electron chi connectivity index (χ1n) is 45.0. The van der Waals surface area contributed by atoms with Gasteiger partial charge in [-0.3, -0.25) is 44.1 Å². The number of aliphatic hydroxyl groups is 1. The summed E-state index contributed by atoms with van der Waals surface area (Å²) >= 11 is 0. The van der Waals surface area contributed by atoms with Gasteiger partial charge in [-0.1, -0.05) is 30.3 Å². The summed E-state index contributed by atoms with van der Waals surface area (Å²) < 4.78 is 161. The number of carbonyl (C=O) groups is 5. The molecule has 9 aliphatic rings. The molecule has 23 nitrogen and oxygen atoms in total. The van der Waals surface area contributed by atoms with Gasteiger partial charge in [-0.15, -0.1) is 0 Å². The highest BCUT2D eigenvalue weighted by Gasteiger charge is 2.55. The minimum absolute atomic E-state index is 0. The molecule has 0 atom stereocenters. The molecular formula is C97H121F9N14O9S. The van der Waals surface area contributed by atoms with Crippen molar-refractivity contribution in [1.82, 2.24) is 68.0 Å². The fourth-order valence-corrected chi connectivity index (χ4v) is 22.6. The lowest BCUT2D eigenvalue weighted by Gasteiger charge is -2.52. The molecule has 1 saturated carbocycles. The summed E-state index contributed by atoms with van der Waals surface area (Å²) in [5.74, 6) is 0.601. The highest BCUT2D eigenvalue weighted by Crippen LogP contribution is 2.51. The quantitative estimate of drug-likeness (QED) is 0.0658. The molecule has 5 fully saturated rings. The molecule has 0 bridgehead atoms. The summed E-state index contributed by atoms with van der Waals surface area (Å²) in [6.07, 6.45) is -2.16. The number of sulfonamides is 1. The van der Waals surface area contributed by atoms with Crippen molar-refractivity contribution in [2.45, 2.75) is 241 Å². The number of ketones is 1. The van der Waals surface area contributed by atoms with Crippen LogP contribution in [-0.2, 0) is 82.5 Å². The molecule has 8 aliphatic heterocycles. The van der Waals surface area contributed by atoms with Gasteiger partial charge in [-0.05, 0) is 267 Å². The van der Waals surface area contributed by atoms with Gasteiger partial charge in [0.05, 0.1) is 49.8 Å². The van der Waals surface area contributed by atoms with Crippen molar-refractivity contribution in [3.05, 3.63) is 230 Å². The molecule has 0 radical (unpaired) electrons. The largest absolute Gasteiger partial charge is 0.491 e. The van der Waals surface area contributed by atoms with Crippen LogP contribution in [0.3, 0.4) is 0 Å². The van der Waals surface area contributed by atoms with E-state index >= 15 is 0 Å². The van der Waals surface area contributed by atoms with E-state index in [0.717, 1.165) is 71.8 Å². The number of piperidine rings is 4. The number of likely N-dealkylation sites (N-methyl/N-ethyl adjacent to an activating group) is 1. The minimum Gasteiger partial charge on any atom is -0.491 e. The number of rotatable bonds is 12.